The normalized spacial score (nSPS) is 24.0. The monoisotopic (exact) mass is 510 g/mol. The van der Waals surface area contributed by atoms with Crippen molar-refractivity contribution in [3.05, 3.63) is 29.7 Å². The van der Waals surface area contributed by atoms with E-state index in [9.17, 15) is 32.0 Å². The van der Waals surface area contributed by atoms with E-state index in [1.165, 1.54) is 10.7 Å². The fourth-order valence-corrected chi connectivity index (χ4v) is 5.26. The second kappa shape index (κ2) is 8.36. The Morgan fingerprint density at radius 1 is 1.22 bits per heavy atom. The van der Waals surface area contributed by atoms with Gasteiger partial charge in [0.1, 0.15) is 0 Å². The summed E-state index contributed by atoms with van der Waals surface area (Å²) in [5, 5.41) is 16.7. The summed E-state index contributed by atoms with van der Waals surface area (Å²) < 4.78 is 68.6. The summed E-state index contributed by atoms with van der Waals surface area (Å²) in [6.45, 7) is 0. The molecule has 3 saturated carbocycles. The topological polar surface area (TPSA) is 109 Å². The number of nitrogens with zero attached hydrogens (tertiary/aromatic N) is 4. The molecular formula is C24H27F5N6O. The number of halogens is 5. The Balaban J connectivity index is 1.36. The van der Waals surface area contributed by atoms with E-state index in [0.29, 0.717) is 42.6 Å². The first kappa shape index (κ1) is 24.9. The molecule has 2 heterocycles. The van der Waals surface area contributed by atoms with Gasteiger partial charge in [0.25, 0.3) is 0 Å². The molecule has 7 nitrogen and oxygen atoms in total. The number of aromatic nitrogens is 3. The third-order valence-electron chi connectivity index (χ3n) is 8.13. The zero-order chi connectivity index (χ0) is 25.9. The number of nitrogens with one attached hydrogen (secondary N) is 1. The second-order valence-electron chi connectivity index (χ2n) is 10.7. The average Bonchev–Trinajstić information content (AvgIpc) is 3.73. The van der Waals surface area contributed by atoms with Crippen LogP contribution in [0.3, 0.4) is 0 Å². The lowest BCUT2D eigenvalue weighted by Crippen LogP contribution is -2.38. The summed E-state index contributed by atoms with van der Waals surface area (Å²) in [6.07, 6.45) is -1.05. The van der Waals surface area contributed by atoms with Gasteiger partial charge in [-0.25, -0.2) is 18.3 Å². The molecule has 36 heavy (non-hydrogen) atoms. The Morgan fingerprint density at radius 3 is 2.44 bits per heavy atom. The van der Waals surface area contributed by atoms with Gasteiger partial charge in [-0.2, -0.15) is 23.5 Å². The van der Waals surface area contributed by atoms with E-state index in [1.54, 1.807) is 12.3 Å². The number of carbonyl (C=O) groups excluding carboxylic acids is 1. The van der Waals surface area contributed by atoms with Crippen LogP contribution in [-0.4, -0.2) is 32.6 Å². The van der Waals surface area contributed by atoms with Crippen LogP contribution < -0.4 is 11.1 Å². The van der Waals surface area contributed by atoms with Gasteiger partial charge in [0.05, 0.1) is 47.1 Å². The number of nitrogens with two attached hydrogens (primary N) is 1. The molecule has 0 aliphatic heterocycles. The molecule has 0 spiro atoms. The molecule has 0 unspecified atom stereocenters. The highest BCUT2D eigenvalue weighted by Gasteiger charge is 2.64. The SMILES string of the molecule is N#CC1([C@@H](NC(=O)CC2(C(F)(F)F)CC2)c2cnn3cc([C@@H](N)C4CCC(F)(F)CC4)nc3c2)CC1. The number of carbonyl (C=O) groups is 1. The minimum Gasteiger partial charge on any atom is -0.348 e. The number of hydrogen-bond acceptors (Lipinski definition) is 5. The van der Waals surface area contributed by atoms with Gasteiger partial charge in [-0.05, 0) is 56.1 Å². The number of amides is 1. The first-order valence-corrected chi connectivity index (χ1v) is 12.1. The molecule has 0 saturated heterocycles. The van der Waals surface area contributed by atoms with Crippen LogP contribution in [0, 0.1) is 28.1 Å². The van der Waals surface area contributed by atoms with Crippen LogP contribution >= 0.6 is 0 Å². The van der Waals surface area contributed by atoms with Crippen molar-refractivity contribution < 1.29 is 26.7 Å². The van der Waals surface area contributed by atoms with Crippen LogP contribution in [0.4, 0.5) is 22.0 Å². The van der Waals surface area contributed by atoms with Crippen molar-refractivity contribution >= 4 is 11.6 Å². The van der Waals surface area contributed by atoms with Crippen molar-refractivity contribution in [2.24, 2.45) is 22.5 Å². The molecule has 12 heteroatoms. The summed E-state index contributed by atoms with van der Waals surface area (Å²) in [4.78, 5) is 17.2. The average molecular weight is 511 g/mol. The molecule has 3 aliphatic carbocycles. The Kier molecular flexibility index (Phi) is 5.78. The van der Waals surface area contributed by atoms with Crippen LogP contribution in [0.2, 0.25) is 0 Å². The van der Waals surface area contributed by atoms with Crippen molar-refractivity contribution in [2.75, 3.05) is 0 Å². The van der Waals surface area contributed by atoms with Crippen LogP contribution in [0.25, 0.3) is 5.65 Å². The molecule has 3 aliphatic rings. The van der Waals surface area contributed by atoms with Crippen molar-refractivity contribution in [3.8, 4) is 6.07 Å². The quantitative estimate of drug-likeness (QED) is 0.523. The minimum atomic E-state index is -4.45. The van der Waals surface area contributed by atoms with Crippen molar-refractivity contribution in [3.63, 3.8) is 0 Å². The third kappa shape index (κ3) is 4.53. The number of imidazole rings is 1. The maximum Gasteiger partial charge on any atom is 0.395 e. The Morgan fingerprint density at radius 2 is 1.89 bits per heavy atom. The Hall–Kier alpha value is -2.81. The summed E-state index contributed by atoms with van der Waals surface area (Å²) in [5.74, 6) is -3.56. The molecular weight excluding hydrogens is 483 g/mol. The van der Waals surface area contributed by atoms with Gasteiger partial charge >= 0.3 is 6.18 Å². The van der Waals surface area contributed by atoms with Crippen LogP contribution in [0.5, 0.6) is 0 Å². The minimum absolute atomic E-state index is 0.0821. The molecule has 194 valence electrons. The lowest BCUT2D eigenvalue weighted by molar-refractivity contribution is -0.190. The van der Waals surface area contributed by atoms with Crippen LogP contribution in [-0.2, 0) is 4.79 Å². The highest BCUT2D eigenvalue weighted by molar-refractivity contribution is 5.78. The van der Waals surface area contributed by atoms with Gasteiger partial charge in [0.2, 0.25) is 11.8 Å². The first-order valence-electron chi connectivity index (χ1n) is 12.1. The summed E-state index contributed by atoms with van der Waals surface area (Å²) in [6, 6.07) is 2.47. The maximum absolute atomic E-state index is 13.5. The van der Waals surface area contributed by atoms with Gasteiger partial charge in [-0.3, -0.25) is 4.79 Å². The van der Waals surface area contributed by atoms with Gasteiger partial charge in [-0.1, -0.05) is 0 Å². The van der Waals surface area contributed by atoms with E-state index in [1.807, 2.05) is 0 Å². The lowest BCUT2D eigenvalue weighted by Gasteiger charge is -2.31. The number of fused-ring (bicyclic) bond motifs is 1. The molecule has 3 N–H and O–H groups in total. The number of alkyl halides is 5. The highest BCUT2D eigenvalue weighted by Crippen LogP contribution is 2.60. The fourth-order valence-electron chi connectivity index (χ4n) is 5.26. The zero-order valence-electron chi connectivity index (χ0n) is 19.5. The van der Waals surface area contributed by atoms with Crippen molar-refractivity contribution in [1.82, 2.24) is 19.9 Å². The molecule has 5 rings (SSSR count). The molecule has 0 aromatic carbocycles. The van der Waals surface area contributed by atoms with Crippen LogP contribution in [0.1, 0.15) is 81.1 Å². The standard InChI is InChI=1S/C24H27F5N6O/c25-23(26)3-1-14(2-4-23)19(31)16-12-35-17(33-16)9-15(11-32-35)20(21(13-30)5-6-21)34-18(36)10-22(7-8-22)24(27,28)29/h9,11-12,14,19-20H,1-8,10,31H2,(H,34,36)/t19-,20-/m0/s1. The lowest BCUT2D eigenvalue weighted by atomic mass is 9.81. The van der Waals surface area contributed by atoms with Gasteiger partial charge in [0, 0.05) is 19.3 Å². The predicted octanol–water partition coefficient (Wildman–Crippen LogP) is 4.75. The molecule has 2 atom stereocenters. The first-order chi connectivity index (χ1) is 16.9. The molecule has 2 aromatic heterocycles. The van der Waals surface area contributed by atoms with Crippen LogP contribution in [0.15, 0.2) is 18.5 Å². The maximum atomic E-state index is 13.5. The highest BCUT2D eigenvalue weighted by atomic mass is 19.4. The van der Waals surface area contributed by atoms with Gasteiger partial charge < -0.3 is 11.1 Å². The van der Waals surface area contributed by atoms with E-state index >= 15 is 0 Å². The molecule has 2 aromatic rings. The Labute approximate surface area is 204 Å². The van der Waals surface area contributed by atoms with Gasteiger partial charge in [0.15, 0.2) is 5.65 Å². The third-order valence-corrected chi connectivity index (χ3v) is 8.13. The van der Waals surface area contributed by atoms with E-state index in [-0.39, 0.29) is 31.6 Å². The zero-order valence-corrected chi connectivity index (χ0v) is 19.5. The smallest absolute Gasteiger partial charge is 0.348 e. The summed E-state index contributed by atoms with van der Waals surface area (Å²) in [5.41, 5.74) is 4.81. The second-order valence-corrected chi connectivity index (χ2v) is 10.7. The number of nitriles is 1. The molecule has 1 amide bonds. The van der Waals surface area contributed by atoms with E-state index in [2.05, 4.69) is 21.5 Å². The largest absolute Gasteiger partial charge is 0.395 e. The van der Waals surface area contributed by atoms with Crippen molar-refractivity contribution in [2.45, 2.75) is 82.0 Å². The number of rotatable bonds is 7. The van der Waals surface area contributed by atoms with Gasteiger partial charge in [-0.15, -0.1) is 0 Å². The fraction of sp³-hybridized carbons (Fsp3) is 0.667. The molecule has 0 radical (unpaired) electrons. The predicted molar refractivity (Wildman–Crippen MR) is 117 cm³/mol. The van der Waals surface area contributed by atoms with E-state index in [0.717, 1.165) is 0 Å². The number of hydrogen-bond donors (Lipinski definition) is 2. The summed E-state index contributed by atoms with van der Waals surface area (Å²) in [7, 11) is 0. The van der Waals surface area contributed by atoms with E-state index < -0.39 is 47.3 Å². The van der Waals surface area contributed by atoms with Crippen molar-refractivity contribution in [1.29, 1.82) is 5.26 Å². The molecule has 3 fully saturated rings. The van der Waals surface area contributed by atoms with E-state index in [4.69, 9.17) is 5.73 Å². The summed E-state index contributed by atoms with van der Waals surface area (Å²) >= 11 is 0. The molecule has 0 bridgehead atoms. The Bertz CT molecular complexity index is 1200.